The van der Waals surface area contributed by atoms with Gasteiger partial charge in [-0.3, -0.25) is 0 Å². The molecule has 0 saturated carbocycles. The molecule has 3 heteroatoms. The Morgan fingerprint density at radius 2 is 2.27 bits per heavy atom. The molecule has 0 aliphatic heterocycles. The molecule has 1 aromatic rings. The van der Waals surface area contributed by atoms with E-state index in [0.717, 1.165) is 17.1 Å². The fourth-order valence-corrected chi connectivity index (χ4v) is 1.93. The zero-order valence-corrected chi connectivity index (χ0v) is 8.03. The summed E-state index contributed by atoms with van der Waals surface area (Å²) < 4.78 is 0. The Bertz CT molecular complexity index is 240. The molecule has 11 heavy (non-hydrogen) atoms. The number of rotatable bonds is 2. The molecule has 1 atom stereocenters. The van der Waals surface area contributed by atoms with Gasteiger partial charge in [-0.1, -0.05) is 6.92 Å². The van der Waals surface area contributed by atoms with E-state index < -0.39 is 0 Å². The number of aryl methyl sites for hydroxylation is 2. The summed E-state index contributed by atoms with van der Waals surface area (Å²) >= 11 is 1.73. The van der Waals surface area contributed by atoms with Crippen molar-refractivity contribution in [1.82, 2.24) is 4.98 Å². The highest BCUT2D eigenvalue weighted by atomic mass is 32.1. The van der Waals surface area contributed by atoms with Crippen LogP contribution in [0.15, 0.2) is 0 Å². The van der Waals surface area contributed by atoms with Crippen molar-refractivity contribution in [2.75, 3.05) is 0 Å². The smallest absolute Gasteiger partial charge is 0.110 e. The van der Waals surface area contributed by atoms with Gasteiger partial charge in [0.25, 0.3) is 0 Å². The van der Waals surface area contributed by atoms with Crippen LogP contribution < -0.4 is 5.73 Å². The molecular formula is C8H14N2S. The molecular weight excluding hydrogens is 156 g/mol. The fraction of sp³-hybridized carbons (Fsp3) is 0.625. The Morgan fingerprint density at radius 1 is 1.64 bits per heavy atom. The third-order valence-electron chi connectivity index (χ3n) is 1.62. The minimum Gasteiger partial charge on any atom is -0.322 e. The van der Waals surface area contributed by atoms with Crippen LogP contribution in [0, 0.1) is 6.92 Å². The van der Waals surface area contributed by atoms with E-state index in [2.05, 4.69) is 11.9 Å². The van der Waals surface area contributed by atoms with E-state index in [0.29, 0.717) is 0 Å². The lowest BCUT2D eigenvalue weighted by Gasteiger charge is -1.95. The molecule has 1 rings (SSSR count). The maximum absolute atomic E-state index is 5.70. The topological polar surface area (TPSA) is 38.9 Å². The summed E-state index contributed by atoms with van der Waals surface area (Å²) in [5.41, 5.74) is 6.84. The van der Waals surface area contributed by atoms with Gasteiger partial charge in [0.2, 0.25) is 0 Å². The Hall–Kier alpha value is -0.410. The molecule has 0 radical (unpaired) electrons. The minimum atomic E-state index is 0.0824. The molecule has 0 fully saturated rings. The molecule has 0 saturated heterocycles. The van der Waals surface area contributed by atoms with E-state index in [1.54, 1.807) is 11.3 Å². The highest BCUT2D eigenvalue weighted by Crippen LogP contribution is 2.22. The first-order valence-corrected chi connectivity index (χ1v) is 4.68. The van der Waals surface area contributed by atoms with E-state index in [1.165, 1.54) is 4.88 Å². The summed E-state index contributed by atoms with van der Waals surface area (Å²) in [6.45, 7) is 6.16. The van der Waals surface area contributed by atoms with Crippen LogP contribution in [0.4, 0.5) is 0 Å². The van der Waals surface area contributed by atoms with Crippen LogP contribution in [-0.4, -0.2) is 4.98 Å². The van der Waals surface area contributed by atoms with E-state index in [9.17, 15) is 0 Å². The predicted molar refractivity (Wildman–Crippen MR) is 48.8 cm³/mol. The molecule has 0 unspecified atom stereocenters. The highest BCUT2D eigenvalue weighted by molar-refractivity contribution is 7.11. The van der Waals surface area contributed by atoms with Gasteiger partial charge in [0.1, 0.15) is 5.01 Å². The predicted octanol–water partition coefficient (Wildman–Crippen LogP) is 2.03. The molecule has 0 amide bonds. The molecule has 1 aromatic heterocycles. The largest absolute Gasteiger partial charge is 0.322 e. The second-order valence-corrected chi connectivity index (χ2v) is 3.82. The number of aromatic nitrogens is 1. The Morgan fingerprint density at radius 3 is 2.55 bits per heavy atom. The standard InChI is InChI=1S/C8H14N2S/c1-4-7-6(3)10-8(11-7)5(2)9/h5H,4,9H2,1-3H3/t5-/m0/s1. The van der Waals surface area contributed by atoms with Gasteiger partial charge in [0.05, 0.1) is 11.7 Å². The first-order chi connectivity index (χ1) is 5.15. The molecule has 0 spiro atoms. The molecule has 0 aliphatic rings. The summed E-state index contributed by atoms with van der Waals surface area (Å²) in [6.07, 6.45) is 1.07. The van der Waals surface area contributed by atoms with Gasteiger partial charge in [-0.15, -0.1) is 11.3 Å². The quantitative estimate of drug-likeness (QED) is 0.737. The molecule has 62 valence electrons. The monoisotopic (exact) mass is 170 g/mol. The summed E-state index contributed by atoms with van der Waals surface area (Å²) in [4.78, 5) is 5.73. The molecule has 0 bridgehead atoms. The Balaban J connectivity index is 2.95. The summed E-state index contributed by atoms with van der Waals surface area (Å²) in [5, 5.41) is 1.05. The van der Waals surface area contributed by atoms with Crippen LogP contribution in [0.3, 0.4) is 0 Å². The van der Waals surface area contributed by atoms with E-state index >= 15 is 0 Å². The molecule has 0 aliphatic carbocycles. The third kappa shape index (κ3) is 1.79. The maximum Gasteiger partial charge on any atom is 0.110 e. The lowest BCUT2D eigenvalue weighted by Crippen LogP contribution is -2.03. The van der Waals surface area contributed by atoms with Gasteiger partial charge in [-0.2, -0.15) is 0 Å². The van der Waals surface area contributed by atoms with Crippen molar-refractivity contribution < 1.29 is 0 Å². The molecule has 1 heterocycles. The number of hydrogen-bond donors (Lipinski definition) is 1. The zero-order chi connectivity index (χ0) is 8.43. The third-order valence-corrected chi connectivity index (χ3v) is 3.12. The van der Waals surface area contributed by atoms with Crippen LogP contribution in [0.2, 0.25) is 0 Å². The van der Waals surface area contributed by atoms with Gasteiger partial charge in [-0.25, -0.2) is 4.98 Å². The summed E-state index contributed by atoms with van der Waals surface area (Å²) in [5.74, 6) is 0. The molecule has 2 nitrogen and oxygen atoms in total. The Kier molecular flexibility index (Phi) is 2.62. The number of hydrogen-bond acceptors (Lipinski definition) is 3. The van der Waals surface area contributed by atoms with Gasteiger partial charge in [0, 0.05) is 4.88 Å². The zero-order valence-electron chi connectivity index (χ0n) is 7.22. The number of thiazole rings is 1. The van der Waals surface area contributed by atoms with Crippen molar-refractivity contribution in [1.29, 1.82) is 0 Å². The van der Waals surface area contributed by atoms with Crippen molar-refractivity contribution in [3.63, 3.8) is 0 Å². The lowest BCUT2D eigenvalue weighted by molar-refractivity contribution is 0.802. The SMILES string of the molecule is CCc1sc([C@H](C)N)nc1C. The average Bonchev–Trinajstić information content (AvgIpc) is 2.31. The summed E-state index contributed by atoms with van der Waals surface area (Å²) in [6, 6.07) is 0.0824. The van der Waals surface area contributed by atoms with Gasteiger partial charge in [-0.05, 0) is 20.3 Å². The van der Waals surface area contributed by atoms with Crippen LogP contribution in [0.1, 0.15) is 35.5 Å². The Labute approximate surface area is 71.5 Å². The summed E-state index contributed by atoms with van der Waals surface area (Å²) in [7, 11) is 0. The highest BCUT2D eigenvalue weighted by Gasteiger charge is 2.08. The van der Waals surface area contributed by atoms with Crippen LogP contribution in [0.5, 0.6) is 0 Å². The number of nitrogens with two attached hydrogens (primary N) is 1. The van der Waals surface area contributed by atoms with E-state index in [4.69, 9.17) is 5.73 Å². The minimum absolute atomic E-state index is 0.0824. The van der Waals surface area contributed by atoms with E-state index in [-0.39, 0.29) is 6.04 Å². The van der Waals surface area contributed by atoms with Crippen molar-refractivity contribution >= 4 is 11.3 Å². The first-order valence-electron chi connectivity index (χ1n) is 3.87. The average molecular weight is 170 g/mol. The number of nitrogens with zero attached hydrogens (tertiary/aromatic N) is 1. The van der Waals surface area contributed by atoms with Crippen LogP contribution >= 0.6 is 11.3 Å². The van der Waals surface area contributed by atoms with Crippen LogP contribution in [-0.2, 0) is 6.42 Å². The van der Waals surface area contributed by atoms with E-state index in [1.807, 2.05) is 13.8 Å². The van der Waals surface area contributed by atoms with Crippen molar-refractivity contribution in [2.45, 2.75) is 33.2 Å². The van der Waals surface area contributed by atoms with Crippen molar-refractivity contribution in [3.8, 4) is 0 Å². The van der Waals surface area contributed by atoms with Gasteiger partial charge in [0.15, 0.2) is 0 Å². The maximum atomic E-state index is 5.70. The fourth-order valence-electron chi connectivity index (χ4n) is 0.973. The second kappa shape index (κ2) is 3.32. The van der Waals surface area contributed by atoms with Gasteiger partial charge >= 0.3 is 0 Å². The first kappa shape index (κ1) is 8.68. The molecule has 2 N–H and O–H groups in total. The second-order valence-electron chi connectivity index (χ2n) is 2.70. The van der Waals surface area contributed by atoms with Crippen LogP contribution in [0.25, 0.3) is 0 Å². The van der Waals surface area contributed by atoms with Crippen molar-refractivity contribution in [3.05, 3.63) is 15.6 Å². The van der Waals surface area contributed by atoms with Gasteiger partial charge < -0.3 is 5.73 Å². The molecule has 0 aromatic carbocycles. The van der Waals surface area contributed by atoms with Crippen molar-refractivity contribution in [2.24, 2.45) is 5.73 Å². The lowest BCUT2D eigenvalue weighted by atomic mass is 10.3. The normalized spacial score (nSPS) is 13.5.